The van der Waals surface area contributed by atoms with Gasteiger partial charge in [-0.25, -0.2) is 0 Å². The zero-order valence-electron chi connectivity index (χ0n) is 16.0. The number of carbonyl (C=O) groups excluding carboxylic acids is 1. The van der Waals surface area contributed by atoms with Crippen molar-refractivity contribution >= 4 is 11.6 Å². The normalized spacial score (nSPS) is 17.2. The lowest BCUT2D eigenvalue weighted by molar-refractivity contribution is 0.0920. The van der Waals surface area contributed by atoms with Crippen LogP contribution >= 0.6 is 0 Å². The molecule has 2 rings (SSSR count). The van der Waals surface area contributed by atoms with Crippen molar-refractivity contribution in [2.45, 2.75) is 46.3 Å². The van der Waals surface area contributed by atoms with Crippen LogP contribution in [0.3, 0.4) is 0 Å². The molecule has 2 N–H and O–H groups in total. The number of hydrogen-bond donors (Lipinski definition) is 2. The lowest BCUT2D eigenvalue weighted by atomic mass is 10.0. The lowest BCUT2D eigenvalue weighted by Gasteiger charge is -2.38. The molecule has 0 saturated carbocycles. The maximum Gasteiger partial charge on any atom is 0.251 e. The number of nitrogens with zero attached hydrogens (tertiary/aromatic N) is 2. The molecule has 1 aliphatic heterocycles. The summed E-state index contributed by atoms with van der Waals surface area (Å²) >= 11 is 0. The smallest absolute Gasteiger partial charge is 0.251 e. The van der Waals surface area contributed by atoms with E-state index in [2.05, 4.69) is 29.0 Å². The van der Waals surface area contributed by atoms with Gasteiger partial charge in [-0.1, -0.05) is 13.8 Å². The van der Waals surface area contributed by atoms with Gasteiger partial charge in [0.05, 0.1) is 6.10 Å². The van der Waals surface area contributed by atoms with Crippen LogP contribution in [0.25, 0.3) is 0 Å². The molecule has 25 heavy (non-hydrogen) atoms. The number of nitrogens with one attached hydrogen (secondary N) is 1. The van der Waals surface area contributed by atoms with Crippen LogP contribution in [0, 0.1) is 5.92 Å². The van der Waals surface area contributed by atoms with Crippen LogP contribution in [0.5, 0.6) is 0 Å². The average Bonchev–Trinajstić information content (AvgIpc) is 2.61. The molecule has 1 aromatic rings. The highest BCUT2D eigenvalue weighted by atomic mass is 16.3. The van der Waals surface area contributed by atoms with Crippen molar-refractivity contribution in [3.05, 3.63) is 29.8 Å². The predicted molar refractivity (Wildman–Crippen MR) is 103 cm³/mol. The molecule has 1 atom stereocenters. The van der Waals surface area contributed by atoms with Crippen molar-refractivity contribution in [2.24, 2.45) is 5.92 Å². The van der Waals surface area contributed by atoms with Crippen LogP contribution in [0.2, 0.25) is 0 Å². The molecule has 5 nitrogen and oxygen atoms in total. The van der Waals surface area contributed by atoms with E-state index in [4.69, 9.17) is 0 Å². The molecule has 5 heteroatoms. The summed E-state index contributed by atoms with van der Waals surface area (Å²) in [5.41, 5.74) is 1.85. The van der Waals surface area contributed by atoms with Crippen molar-refractivity contribution in [3.8, 4) is 0 Å². The van der Waals surface area contributed by atoms with E-state index in [1.54, 1.807) is 0 Å². The molecule has 1 unspecified atom stereocenters. The second-order valence-electron chi connectivity index (χ2n) is 7.52. The Hall–Kier alpha value is -1.59. The fourth-order valence-corrected chi connectivity index (χ4v) is 3.09. The van der Waals surface area contributed by atoms with Gasteiger partial charge < -0.3 is 15.3 Å². The molecule has 1 saturated heterocycles. The summed E-state index contributed by atoms with van der Waals surface area (Å²) in [7, 11) is 0. The first-order chi connectivity index (χ1) is 11.9. The Kier molecular flexibility index (Phi) is 7.26. The Morgan fingerprint density at radius 1 is 1.08 bits per heavy atom. The predicted octanol–water partition coefficient (Wildman–Crippen LogP) is 2.35. The molecule has 1 amide bonds. The second kappa shape index (κ2) is 9.20. The molecule has 0 bridgehead atoms. The molecule has 0 radical (unpaired) electrons. The van der Waals surface area contributed by atoms with E-state index in [0.29, 0.717) is 24.6 Å². The Morgan fingerprint density at radius 3 is 2.20 bits per heavy atom. The molecule has 1 aromatic carbocycles. The summed E-state index contributed by atoms with van der Waals surface area (Å²) in [6.45, 7) is 13.1. The molecule has 0 aromatic heterocycles. The average molecular weight is 348 g/mol. The number of aliphatic hydroxyl groups excluding tert-OH is 1. The molecule has 140 valence electrons. The van der Waals surface area contributed by atoms with E-state index in [0.717, 1.165) is 26.2 Å². The van der Waals surface area contributed by atoms with E-state index >= 15 is 0 Å². The summed E-state index contributed by atoms with van der Waals surface area (Å²) in [6.07, 6.45) is 0.217. The minimum Gasteiger partial charge on any atom is -0.393 e. The minimum absolute atomic E-state index is 0.0767. The van der Waals surface area contributed by atoms with Gasteiger partial charge in [0.25, 0.3) is 5.91 Å². The number of hydrogen-bond acceptors (Lipinski definition) is 4. The maximum atomic E-state index is 12.2. The van der Waals surface area contributed by atoms with Crippen molar-refractivity contribution in [3.63, 3.8) is 0 Å². The van der Waals surface area contributed by atoms with Crippen LogP contribution < -0.4 is 10.2 Å². The standard InChI is InChI=1S/C20H33N3O2/c1-15(2)19(24)9-10-21-20(25)17-5-7-18(8-6-17)23-13-11-22(12-14-23)16(3)4/h5-8,15-16,19,24H,9-14H2,1-4H3,(H,21,25). The van der Waals surface area contributed by atoms with E-state index in [1.165, 1.54) is 5.69 Å². The highest BCUT2D eigenvalue weighted by Gasteiger charge is 2.19. The van der Waals surface area contributed by atoms with Crippen molar-refractivity contribution in [2.75, 3.05) is 37.6 Å². The Bertz CT molecular complexity index is 534. The third-order valence-electron chi connectivity index (χ3n) is 5.03. The van der Waals surface area contributed by atoms with Crippen molar-refractivity contribution in [1.82, 2.24) is 10.2 Å². The number of aliphatic hydroxyl groups is 1. The van der Waals surface area contributed by atoms with Gasteiger partial charge in [-0.3, -0.25) is 9.69 Å². The fourth-order valence-electron chi connectivity index (χ4n) is 3.09. The van der Waals surface area contributed by atoms with E-state index in [1.807, 2.05) is 38.1 Å². The summed E-state index contributed by atoms with van der Waals surface area (Å²) in [5, 5.41) is 12.7. The second-order valence-corrected chi connectivity index (χ2v) is 7.52. The van der Waals surface area contributed by atoms with Crippen molar-refractivity contribution in [1.29, 1.82) is 0 Å². The van der Waals surface area contributed by atoms with Crippen molar-refractivity contribution < 1.29 is 9.90 Å². The molecular formula is C20H33N3O2. The lowest BCUT2D eigenvalue weighted by Crippen LogP contribution is -2.48. The first-order valence-corrected chi connectivity index (χ1v) is 9.43. The van der Waals surface area contributed by atoms with Crippen LogP contribution in [-0.4, -0.2) is 60.8 Å². The molecule has 0 spiro atoms. The van der Waals surface area contributed by atoms with Gasteiger partial charge >= 0.3 is 0 Å². The quantitative estimate of drug-likeness (QED) is 0.795. The van der Waals surface area contributed by atoms with Gasteiger partial charge in [0.1, 0.15) is 0 Å². The van der Waals surface area contributed by atoms with E-state index in [9.17, 15) is 9.90 Å². The molecule has 1 heterocycles. The van der Waals surface area contributed by atoms with E-state index in [-0.39, 0.29) is 17.9 Å². The van der Waals surface area contributed by atoms with E-state index < -0.39 is 0 Å². The number of piperazine rings is 1. The molecule has 0 aliphatic carbocycles. The number of benzene rings is 1. The van der Waals surface area contributed by atoms with Crippen LogP contribution in [0.4, 0.5) is 5.69 Å². The monoisotopic (exact) mass is 347 g/mol. The third kappa shape index (κ3) is 5.72. The Labute approximate surface area is 152 Å². The Morgan fingerprint density at radius 2 is 1.68 bits per heavy atom. The first kappa shape index (κ1) is 19.7. The maximum absolute atomic E-state index is 12.2. The van der Waals surface area contributed by atoms with Crippen LogP contribution in [0.1, 0.15) is 44.5 Å². The third-order valence-corrected chi connectivity index (χ3v) is 5.03. The van der Waals surface area contributed by atoms with Gasteiger partial charge in [0, 0.05) is 50.0 Å². The largest absolute Gasteiger partial charge is 0.393 e. The van der Waals surface area contributed by atoms with Crippen LogP contribution in [0.15, 0.2) is 24.3 Å². The fraction of sp³-hybridized carbons (Fsp3) is 0.650. The minimum atomic E-state index is -0.368. The number of anilines is 1. The number of amides is 1. The summed E-state index contributed by atoms with van der Waals surface area (Å²) in [6, 6.07) is 8.44. The summed E-state index contributed by atoms with van der Waals surface area (Å²) < 4.78 is 0. The first-order valence-electron chi connectivity index (χ1n) is 9.43. The zero-order chi connectivity index (χ0) is 18.4. The topological polar surface area (TPSA) is 55.8 Å². The number of carbonyl (C=O) groups is 1. The molecule has 1 aliphatic rings. The van der Waals surface area contributed by atoms with Gasteiger partial charge in [-0.2, -0.15) is 0 Å². The van der Waals surface area contributed by atoms with Gasteiger partial charge in [-0.05, 0) is 50.5 Å². The highest BCUT2D eigenvalue weighted by molar-refractivity contribution is 5.94. The Balaban J connectivity index is 1.82. The SMILES string of the molecule is CC(C)C(O)CCNC(=O)c1ccc(N2CCN(C(C)C)CC2)cc1. The molecule has 1 fully saturated rings. The van der Waals surface area contributed by atoms with Gasteiger partial charge in [-0.15, -0.1) is 0 Å². The highest BCUT2D eigenvalue weighted by Crippen LogP contribution is 2.18. The van der Waals surface area contributed by atoms with Gasteiger partial charge in [0.2, 0.25) is 0 Å². The molecular weight excluding hydrogens is 314 g/mol. The van der Waals surface area contributed by atoms with Gasteiger partial charge in [0.15, 0.2) is 0 Å². The summed E-state index contributed by atoms with van der Waals surface area (Å²) in [4.78, 5) is 17.1. The zero-order valence-corrected chi connectivity index (χ0v) is 16.0. The van der Waals surface area contributed by atoms with Crippen LogP contribution in [-0.2, 0) is 0 Å². The number of rotatable bonds is 7. The summed E-state index contributed by atoms with van der Waals surface area (Å²) in [5.74, 6) is 0.138.